The summed E-state index contributed by atoms with van der Waals surface area (Å²) in [5, 5.41) is 14.5. The van der Waals surface area contributed by atoms with E-state index in [1.807, 2.05) is 52.0 Å². The molecule has 0 saturated heterocycles. The molecular weight excluding hydrogens is 322 g/mol. The number of rotatable bonds is 2. The van der Waals surface area contributed by atoms with Crippen LogP contribution in [0.1, 0.15) is 38.8 Å². The number of aromatic nitrogens is 2. The summed E-state index contributed by atoms with van der Waals surface area (Å²) in [6, 6.07) is 12.2. The van der Waals surface area contributed by atoms with Crippen molar-refractivity contribution in [3.63, 3.8) is 0 Å². The normalized spacial score (nSPS) is 17.9. The molecule has 0 bridgehead atoms. The highest BCUT2D eigenvalue weighted by atomic mass is 16.5. The maximum atomic E-state index is 13.3. The predicted octanol–water partition coefficient (Wildman–Crippen LogP) is 4.94. The molecule has 3 heterocycles. The van der Waals surface area contributed by atoms with Crippen molar-refractivity contribution in [2.24, 2.45) is 0 Å². The average molecular weight is 344 g/mol. The van der Waals surface area contributed by atoms with Gasteiger partial charge in [-0.05, 0) is 85.3 Å². The second-order valence-electron chi connectivity index (χ2n) is 7.79. The van der Waals surface area contributed by atoms with Crippen LogP contribution in [0.25, 0.3) is 22.3 Å². The Morgan fingerprint density at radius 1 is 0.654 bits per heavy atom. The van der Waals surface area contributed by atoms with Crippen LogP contribution in [0.2, 0.25) is 0 Å². The molecule has 1 aromatic carbocycles. The van der Waals surface area contributed by atoms with E-state index >= 15 is 0 Å². The summed E-state index contributed by atoms with van der Waals surface area (Å²) in [7, 11) is 0. The van der Waals surface area contributed by atoms with Crippen molar-refractivity contribution in [3.05, 3.63) is 72.3 Å². The van der Waals surface area contributed by atoms with E-state index in [0.717, 1.165) is 33.4 Å². The Morgan fingerprint density at radius 2 is 1.00 bits per heavy atom. The van der Waals surface area contributed by atoms with Crippen LogP contribution in [0.15, 0.2) is 61.2 Å². The number of hydroxylamine groups is 2. The Kier molecular flexibility index (Phi) is 3.72. The van der Waals surface area contributed by atoms with Crippen molar-refractivity contribution >= 4 is 0 Å². The van der Waals surface area contributed by atoms with E-state index in [1.54, 1.807) is 24.8 Å². The molecule has 2 aromatic heterocycles. The summed E-state index contributed by atoms with van der Waals surface area (Å²) in [5.74, 6) is 0. The zero-order chi connectivity index (χ0) is 18.5. The van der Waals surface area contributed by atoms with Gasteiger partial charge in [0.2, 0.25) is 0 Å². The summed E-state index contributed by atoms with van der Waals surface area (Å²) in [6.07, 6.45) is 7.17. The lowest BCUT2D eigenvalue weighted by Gasteiger charge is -2.33. The predicted molar refractivity (Wildman–Crippen MR) is 101 cm³/mol. The van der Waals surface area contributed by atoms with Gasteiger partial charge in [0.25, 0.3) is 0 Å². The van der Waals surface area contributed by atoms with Crippen molar-refractivity contribution in [1.29, 1.82) is 0 Å². The average Bonchev–Trinajstić information content (AvgIpc) is 2.81. The fraction of sp³-hybridized carbons (Fsp3) is 0.273. The van der Waals surface area contributed by atoms with E-state index in [9.17, 15) is 5.21 Å². The molecule has 0 saturated carbocycles. The van der Waals surface area contributed by atoms with Gasteiger partial charge in [-0.1, -0.05) is 12.1 Å². The minimum Gasteiger partial charge on any atom is -0.265 e. The summed E-state index contributed by atoms with van der Waals surface area (Å²) in [4.78, 5) is 8.26. The van der Waals surface area contributed by atoms with Crippen LogP contribution in [0.5, 0.6) is 0 Å². The molecule has 1 radical (unpaired) electrons. The van der Waals surface area contributed by atoms with Crippen LogP contribution in [0.3, 0.4) is 0 Å². The number of nitrogens with zero attached hydrogens (tertiary/aromatic N) is 3. The molecule has 0 spiro atoms. The first-order chi connectivity index (χ1) is 12.3. The smallest absolute Gasteiger partial charge is 0.0705 e. The molecule has 0 amide bonds. The third-order valence-electron chi connectivity index (χ3n) is 5.43. The molecule has 1 aliphatic heterocycles. The third kappa shape index (κ3) is 2.30. The minimum absolute atomic E-state index is 0.625. The van der Waals surface area contributed by atoms with Crippen molar-refractivity contribution in [3.8, 4) is 22.3 Å². The summed E-state index contributed by atoms with van der Waals surface area (Å²) >= 11 is 0. The summed E-state index contributed by atoms with van der Waals surface area (Å²) in [6.45, 7) is 8.03. The number of hydrogen-bond donors (Lipinski definition) is 0. The molecule has 4 nitrogen and oxygen atoms in total. The monoisotopic (exact) mass is 344 g/mol. The Balaban J connectivity index is 2.09. The zero-order valence-corrected chi connectivity index (χ0v) is 15.5. The summed E-state index contributed by atoms with van der Waals surface area (Å²) in [5.41, 5.74) is 5.29. The second kappa shape index (κ2) is 5.73. The molecule has 131 valence electrons. The van der Waals surface area contributed by atoms with Gasteiger partial charge in [0.1, 0.15) is 0 Å². The van der Waals surface area contributed by atoms with Crippen molar-refractivity contribution in [1.82, 2.24) is 15.0 Å². The Morgan fingerprint density at radius 3 is 1.35 bits per heavy atom. The van der Waals surface area contributed by atoms with Gasteiger partial charge >= 0.3 is 0 Å². The quantitative estimate of drug-likeness (QED) is 0.661. The molecule has 26 heavy (non-hydrogen) atoms. The zero-order valence-electron chi connectivity index (χ0n) is 15.5. The van der Waals surface area contributed by atoms with Gasteiger partial charge in [0.05, 0.1) is 11.1 Å². The van der Waals surface area contributed by atoms with Gasteiger partial charge in [0.15, 0.2) is 0 Å². The van der Waals surface area contributed by atoms with Crippen LogP contribution < -0.4 is 0 Å². The summed E-state index contributed by atoms with van der Waals surface area (Å²) < 4.78 is 0. The molecule has 0 aliphatic carbocycles. The van der Waals surface area contributed by atoms with Gasteiger partial charge in [0, 0.05) is 24.8 Å². The van der Waals surface area contributed by atoms with Gasteiger partial charge in [-0.15, -0.1) is 10.3 Å². The Hall–Kier alpha value is -2.56. The molecule has 1 aliphatic rings. The fourth-order valence-electron chi connectivity index (χ4n) is 4.32. The molecule has 4 heteroatoms. The molecule has 0 fully saturated rings. The van der Waals surface area contributed by atoms with E-state index in [2.05, 4.69) is 22.1 Å². The Labute approximate surface area is 154 Å². The van der Waals surface area contributed by atoms with Crippen molar-refractivity contribution in [2.75, 3.05) is 0 Å². The fourth-order valence-corrected chi connectivity index (χ4v) is 4.32. The van der Waals surface area contributed by atoms with Crippen LogP contribution in [0, 0.1) is 0 Å². The SMILES string of the molecule is CC1(C)c2c(-c3ccncc3)ccc(-c3ccncc3)c2C(C)(C)N1[O]. The lowest BCUT2D eigenvalue weighted by atomic mass is 9.80. The number of fused-ring (bicyclic) bond motifs is 1. The van der Waals surface area contributed by atoms with E-state index in [-0.39, 0.29) is 0 Å². The van der Waals surface area contributed by atoms with Gasteiger partial charge in [-0.3, -0.25) is 9.97 Å². The van der Waals surface area contributed by atoms with E-state index in [0.29, 0.717) is 0 Å². The topological polar surface area (TPSA) is 48.9 Å². The maximum Gasteiger partial charge on any atom is 0.0705 e. The number of hydrogen-bond acceptors (Lipinski definition) is 3. The van der Waals surface area contributed by atoms with Crippen LogP contribution in [-0.2, 0) is 16.3 Å². The van der Waals surface area contributed by atoms with E-state index < -0.39 is 11.1 Å². The van der Waals surface area contributed by atoms with Gasteiger partial charge in [-0.2, -0.15) is 0 Å². The Bertz CT molecular complexity index is 871. The number of pyridine rings is 2. The molecule has 0 N–H and O–H groups in total. The van der Waals surface area contributed by atoms with Crippen LogP contribution in [0.4, 0.5) is 0 Å². The molecule has 4 rings (SSSR count). The van der Waals surface area contributed by atoms with Gasteiger partial charge < -0.3 is 0 Å². The first kappa shape index (κ1) is 16.9. The lowest BCUT2D eigenvalue weighted by molar-refractivity contribution is -0.266. The molecule has 0 unspecified atom stereocenters. The van der Waals surface area contributed by atoms with Crippen LogP contribution in [-0.4, -0.2) is 15.0 Å². The van der Waals surface area contributed by atoms with E-state index in [4.69, 9.17) is 0 Å². The highest BCUT2D eigenvalue weighted by Crippen LogP contribution is 2.54. The van der Waals surface area contributed by atoms with Crippen molar-refractivity contribution in [2.45, 2.75) is 38.8 Å². The van der Waals surface area contributed by atoms with E-state index in [1.165, 1.54) is 5.06 Å². The lowest BCUT2D eigenvalue weighted by Crippen LogP contribution is -2.41. The maximum absolute atomic E-state index is 13.3. The minimum atomic E-state index is -0.625. The van der Waals surface area contributed by atoms with Crippen LogP contribution >= 0.6 is 0 Å². The molecular formula is C22H22N3O. The number of benzene rings is 1. The van der Waals surface area contributed by atoms with Crippen molar-refractivity contribution < 1.29 is 5.21 Å². The first-order valence-electron chi connectivity index (χ1n) is 8.81. The highest BCUT2D eigenvalue weighted by molar-refractivity contribution is 5.80. The standard InChI is InChI=1S/C22H22N3O/c1-21(2)19-17(15-7-11-23-12-8-15)5-6-18(16-9-13-24-14-10-16)20(19)22(3,4)25(21)26/h5-14H,1-4H3. The third-order valence-corrected chi connectivity index (χ3v) is 5.43. The molecule has 3 aromatic rings. The van der Waals surface area contributed by atoms with Gasteiger partial charge in [-0.25, -0.2) is 0 Å². The molecule has 0 atom stereocenters. The second-order valence-corrected chi connectivity index (χ2v) is 7.79. The largest absolute Gasteiger partial charge is 0.265 e. The first-order valence-corrected chi connectivity index (χ1v) is 8.81. The highest BCUT2D eigenvalue weighted by Gasteiger charge is 2.52.